The third kappa shape index (κ3) is 1.75. The molecule has 3 rings (SSSR count). The maximum Gasteiger partial charge on any atom is 0.264 e. The van der Waals surface area contributed by atoms with Crippen molar-refractivity contribution in [2.45, 2.75) is 12.8 Å². The van der Waals surface area contributed by atoms with Crippen molar-refractivity contribution in [3.05, 3.63) is 35.7 Å². The molecule has 0 unspecified atom stereocenters. The number of aromatic nitrogens is 2. The Morgan fingerprint density at radius 2 is 2.22 bits per heavy atom. The molecule has 0 fully saturated rings. The number of nitrogens with one attached hydrogen (secondary N) is 1. The van der Waals surface area contributed by atoms with Gasteiger partial charge < -0.3 is 5.32 Å². The van der Waals surface area contributed by atoms with Gasteiger partial charge in [0, 0.05) is 36.6 Å². The second-order valence-electron chi connectivity index (χ2n) is 4.48. The van der Waals surface area contributed by atoms with Crippen LogP contribution in [0.25, 0.3) is 11.1 Å². The first-order valence-electron chi connectivity index (χ1n) is 5.83. The minimum atomic E-state index is -2.48. The molecule has 18 heavy (non-hydrogen) atoms. The molecule has 0 amide bonds. The summed E-state index contributed by atoms with van der Waals surface area (Å²) in [4.78, 5) is 0. The molecule has 1 aliphatic rings. The number of hydrogen-bond acceptors (Lipinski definition) is 2. The van der Waals surface area contributed by atoms with E-state index in [2.05, 4.69) is 10.4 Å². The van der Waals surface area contributed by atoms with E-state index in [1.165, 1.54) is 0 Å². The second-order valence-corrected chi connectivity index (χ2v) is 4.48. The highest BCUT2D eigenvalue weighted by atomic mass is 19.3. The average molecular weight is 249 g/mol. The van der Waals surface area contributed by atoms with Crippen molar-refractivity contribution in [1.82, 2.24) is 9.78 Å². The van der Waals surface area contributed by atoms with Crippen LogP contribution < -0.4 is 5.32 Å². The van der Waals surface area contributed by atoms with E-state index in [-0.39, 0.29) is 5.56 Å². The first-order chi connectivity index (χ1) is 8.65. The molecule has 0 saturated carbocycles. The average Bonchev–Trinajstić information content (AvgIpc) is 2.94. The highest BCUT2D eigenvalue weighted by Gasteiger charge is 2.20. The highest BCUT2D eigenvalue weighted by molar-refractivity contribution is 5.73. The lowest BCUT2D eigenvalue weighted by Crippen LogP contribution is -1.94. The SMILES string of the molecule is Cn1cc(-c2cc3c(cc2C(F)F)NCC3)cn1. The van der Waals surface area contributed by atoms with Crippen molar-refractivity contribution in [2.75, 3.05) is 11.9 Å². The summed E-state index contributed by atoms with van der Waals surface area (Å²) in [6.07, 6.45) is 1.78. The fourth-order valence-electron chi connectivity index (χ4n) is 2.36. The zero-order valence-corrected chi connectivity index (χ0v) is 9.95. The normalized spacial score (nSPS) is 13.8. The third-order valence-corrected chi connectivity index (χ3v) is 3.24. The minimum Gasteiger partial charge on any atom is -0.384 e. The molecule has 0 aliphatic carbocycles. The zero-order valence-electron chi connectivity index (χ0n) is 9.95. The molecule has 3 nitrogen and oxygen atoms in total. The van der Waals surface area contributed by atoms with Crippen molar-refractivity contribution in [3.8, 4) is 11.1 Å². The molecule has 94 valence electrons. The molecule has 0 atom stereocenters. The van der Waals surface area contributed by atoms with Crippen LogP contribution in [0.2, 0.25) is 0 Å². The molecule has 0 bridgehead atoms. The number of alkyl halides is 2. The van der Waals surface area contributed by atoms with Crippen molar-refractivity contribution in [2.24, 2.45) is 7.05 Å². The predicted octanol–water partition coefficient (Wildman–Crippen LogP) is 2.99. The number of aryl methyl sites for hydroxylation is 1. The maximum absolute atomic E-state index is 13.1. The summed E-state index contributed by atoms with van der Waals surface area (Å²) in [5.41, 5.74) is 3.32. The van der Waals surface area contributed by atoms with Gasteiger partial charge in [-0.1, -0.05) is 0 Å². The Hall–Kier alpha value is -1.91. The second kappa shape index (κ2) is 4.08. The quantitative estimate of drug-likeness (QED) is 0.886. The number of fused-ring (bicyclic) bond motifs is 1. The number of benzene rings is 1. The number of nitrogens with zero attached hydrogens (tertiary/aromatic N) is 2. The summed E-state index contributed by atoms with van der Waals surface area (Å²) in [7, 11) is 1.78. The van der Waals surface area contributed by atoms with Gasteiger partial charge in [-0.15, -0.1) is 0 Å². The van der Waals surface area contributed by atoms with Gasteiger partial charge in [0.05, 0.1) is 6.20 Å². The molecule has 1 aromatic heterocycles. The molecule has 5 heteroatoms. The molecule has 1 N–H and O–H groups in total. The van der Waals surface area contributed by atoms with Gasteiger partial charge in [-0.05, 0) is 29.7 Å². The molecular formula is C13H13F2N3. The molecule has 1 aromatic carbocycles. The van der Waals surface area contributed by atoms with E-state index in [0.717, 1.165) is 29.8 Å². The monoisotopic (exact) mass is 249 g/mol. The van der Waals surface area contributed by atoms with Gasteiger partial charge in [0.2, 0.25) is 0 Å². The van der Waals surface area contributed by atoms with Gasteiger partial charge >= 0.3 is 0 Å². The van der Waals surface area contributed by atoms with Gasteiger partial charge in [0.1, 0.15) is 0 Å². The Labute approximate surface area is 103 Å². The van der Waals surface area contributed by atoms with Gasteiger partial charge in [0.15, 0.2) is 0 Å². The van der Waals surface area contributed by atoms with Crippen LogP contribution in [0.1, 0.15) is 17.6 Å². The lowest BCUT2D eigenvalue weighted by Gasteiger charge is -2.10. The van der Waals surface area contributed by atoms with Gasteiger partial charge in [-0.2, -0.15) is 5.10 Å². The highest BCUT2D eigenvalue weighted by Crippen LogP contribution is 2.36. The maximum atomic E-state index is 13.1. The fourth-order valence-corrected chi connectivity index (χ4v) is 2.36. The summed E-state index contributed by atoms with van der Waals surface area (Å²) in [6, 6.07) is 3.42. The van der Waals surface area contributed by atoms with E-state index in [0.29, 0.717) is 5.56 Å². The van der Waals surface area contributed by atoms with Crippen LogP contribution in [-0.4, -0.2) is 16.3 Å². The summed E-state index contributed by atoms with van der Waals surface area (Å²) in [6.45, 7) is 0.814. The van der Waals surface area contributed by atoms with E-state index >= 15 is 0 Å². The van der Waals surface area contributed by atoms with Crippen LogP contribution in [0.5, 0.6) is 0 Å². The molecular weight excluding hydrogens is 236 g/mol. The smallest absolute Gasteiger partial charge is 0.264 e. The third-order valence-electron chi connectivity index (χ3n) is 3.24. The van der Waals surface area contributed by atoms with E-state index in [1.807, 2.05) is 6.07 Å². The van der Waals surface area contributed by atoms with E-state index in [4.69, 9.17) is 0 Å². The largest absolute Gasteiger partial charge is 0.384 e. The standard InChI is InChI=1S/C13H13F2N3/c1-18-7-9(6-17-18)10-4-8-2-3-16-12(8)5-11(10)13(14)15/h4-7,13,16H,2-3H2,1H3. The van der Waals surface area contributed by atoms with E-state index in [1.54, 1.807) is 30.2 Å². The summed E-state index contributed by atoms with van der Waals surface area (Å²) >= 11 is 0. The van der Waals surface area contributed by atoms with Gasteiger partial charge in [-0.25, -0.2) is 8.78 Å². The topological polar surface area (TPSA) is 29.9 Å². The Kier molecular flexibility index (Phi) is 2.54. The molecule has 0 radical (unpaired) electrons. The van der Waals surface area contributed by atoms with Gasteiger partial charge in [-0.3, -0.25) is 4.68 Å². The number of hydrogen-bond donors (Lipinski definition) is 1. The lowest BCUT2D eigenvalue weighted by atomic mass is 9.98. The van der Waals surface area contributed by atoms with Crippen molar-refractivity contribution in [1.29, 1.82) is 0 Å². The first kappa shape index (κ1) is 11.2. The summed E-state index contributed by atoms with van der Waals surface area (Å²) < 4.78 is 27.9. The van der Waals surface area contributed by atoms with E-state index in [9.17, 15) is 8.78 Å². The zero-order chi connectivity index (χ0) is 12.7. The van der Waals surface area contributed by atoms with Gasteiger partial charge in [0.25, 0.3) is 6.43 Å². The van der Waals surface area contributed by atoms with Crippen LogP contribution >= 0.6 is 0 Å². The van der Waals surface area contributed by atoms with Crippen LogP contribution in [0.15, 0.2) is 24.5 Å². The molecule has 2 aromatic rings. The van der Waals surface area contributed by atoms with Crippen LogP contribution in [-0.2, 0) is 13.5 Å². The Balaban J connectivity index is 2.17. The molecule has 1 aliphatic heterocycles. The minimum absolute atomic E-state index is 0.0659. The van der Waals surface area contributed by atoms with Crippen LogP contribution in [0.4, 0.5) is 14.5 Å². The van der Waals surface area contributed by atoms with Crippen LogP contribution in [0.3, 0.4) is 0 Å². The summed E-state index contributed by atoms with van der Waals surface area (Å²) in [5.74, 6) is 0. The molecule has 0 saturated heterocycles. The lowest BCUT2D eigenvalue weighted by molar-refractivity contribution is 0.152. The Morgan fingerprint density at radius 3 is 2.89 bits per heavy atom. The molecule has 0 spiro atoms. The number of rotatable bonds is 2. The Bertz CT molecular complexity index is 590. The predicted molar refractivity (Wildman–Crippen MR) is 65.8 cm³/mol. The van der Waals surface area contributed by atoms with Crippen molar-refractivity contribution < 1.29 is 8.78 Å². The van der Waals surface area contributed by atoms with Crippen molar-refractivity contribution >= 4 is 5.69 Å². The first-order valence-corrected chi connectivity index (χ1v) is 5.83. The van der Waals surface area contributed by atoms with Crippen LogP contribution in [0, 0.1) is 0 Å². The number of anilines is 1. The molecule has 2 heterocycles. The van der Waals surface area contributed by atoms with Crippen molar-refractivity contribution in [3.63, 3.8) is 0 Å². The fraction of sp³-hybridized carbons (Fsp3) is 0.308. The Morgan fingerprint density at radius 1 is 1.39 bits per heavy atom. The summed E-state index contributed by atoms with van der Waals surface area (Å²) in [5, 5.41) is 7.17. The van der Waals surface area contributed by atoms with E-state index < -0.39 is 6.43 Å². The number of halogens is 2.